The molecule has 6 N–H and O–H groups in total. The van der Waals surface area contributed by atoms with Gasteiger partial charge in [-0.25, -0.2) is 39.8 Å². The van der Waals surface area contributed by atoms with E-state index in [9.17, 15) is 24.3 Å². The largest absolute Gasteiger partial charge is 0.492 e. The number of hydrazine groups is 2. The fourth-order valence-electron chi connectivity index (χ4n) is 2.87. The summed E-state index contributed by atoms with van der Waals surface area (Å²) >= 11 is 0. The van der Waals surface area contributed by atoms with Gasteiger partial charge in [0.05, 0.1) is 32.0 Å². The Bertz CT molecular complexity index is 1210. The number of carbonyl (C=O) groups excluding carboxylic acids is 3. The fraction of sp³-hybridized carbons (Fsp3) is 0.581. The lowest BCUT2D eigenvalue weighted by Crippen LogP contribution is -2.48. The summed E-state index contributed by atoms with van der Waals surface area (Å²) in [6.45, 7) is 12.5. The molecule has 0 radical (unpaired) electrons. The van der Waals surface area contributed by atoms with Crippen LogP contribution in [-0.2, 0) is 43.4 Å². The summed E-state index contributed by atoms with van der Waals surface area (Å²) in [4.78, 5) is 79.5. The average molecular weight is 703 g/mol. The van der Waals surface area contributed by atoms with Crippen LogP contribution >= 0.6 is 0 Å². The molecule has 0 bridgehead atoms. The van der Waals surface area contributed by atoms with Crippen LogP contribution in [0.5, 0.6) is 5.75 Å². The summed E-state index contributed by atoms with van der Waals surface area (Å²) < 4.78 is 14.8. The van der Waals surface area contributed by atoms with Crippen LogP contribution in [0.4, 0.5) is 9.59 Å². The molecule has 0 aliphatic carbocycles. The highest BCUT2D eigenvalue weighted by Crippen LogP contribution is 2.28. The molecule has 278 valence electrons. The number of hydrogen-bond acceptors (Lipinski definition) is 13. The lowest BCUT2D eigenvalue weighted by atomic mass is 10.1. The van der Waals surface area contributed by atoms with Gasteiger partial charge in [-0.3, -0.25) is 15.6 Å². The zero-order valence-corrected chi connectivity index (χ0v) is 29.4. The molecule has 0 unspecified atom stereocenters. The number of amides is 3. The number of nitrogens with one attached hydrogen (secondary N) is 2. The lowest BCUT2D eigenvalue weighted by Gasteiger charge is -2.34. The number of benzene rings is 1. The zero-order valence-electron chi connectivity index (χ0n) is 29.4. The van der Waals surface area contributed by atoms with Gasteiger partial charge in [-0.15, -0.1) is 0 Å². The van der Waals surface area contributed by atoms with Crippen molar-refractivity contribution in [3.05, 3.63) is 35.4 Å². The second kappa shape index (κ2) is 21.5. The first-order valence-electron chi connectivity index (χ1n) is 15.1. The van der Waals surface area contributed by atoms with Crippen molar-refractivity contribution in [2.24, 2.45) is 5.84 Å². The van der Waals surface area contributed by atoms with Crippen molar-refractivity contribution in [2.45, 2.75) is 91.1 Å². The maximum Gasteiger partial charge on any atom is 0.426 e. The zero-order chi connectivity index (χ0) is 37.8. The van der Waals surface area contributed by atoms with E-state index in [1.54, 1.807) is 31.2 Å². The number of rotatable bonds is 18. The Labute approximate surface area is 285 Å². The average Bonchev–Trinajstić information content (AvgIpc) is 3.07. The highest BCUT2D eigenvalue weighted by Gasteiger charge is 2.35. The molecule has 0 aromatic heterocycles. The minimum Gasteiger partial charge on any atom is -0.492 e. The molecule has 0 heterocycles. The fourth-order valence-corrected chi connectivity index (χ4v) is 2.87. The molecule has 0 fully saturated rings. The van der Waals surface area contributed by atoms with Crippen molar-refractivity contribution >= 4 is 36.1 Å². The van der Waals surface area contributed by atoms with Crippen molar-refractivity contribution in [3.8, 4) is 5.75 Å². The van der Waals surface area contributed by atoms with Gasteiger partial charge in [-0.1, -0.05) is 26.0 Å². The van der Waals surface area contributed by atoms with Gasteiger partial charge in [0, 0.05) is 12.8 Å². The first kappa shape index (κ1) is 44.5. The Kier molecular flexibility index (Phi) is 19.5. The SMILES string of the molecule is CCC(C)(C)OOC(C)(CCC(=O)NN(CCOc1ccc(C=C(C(=O)OC)C(=O)OC)cc1)C(=O)O)OOC(C)(C)CC.NNC(=O)O. The van der Waals surface area contributed by atoms with E-state index in [4.69, 9.17) is 34.2 Å². The second-order valence-corrected chi connectivity index (χ2v) is 11.6. The summed E-state index contributed by atoms with van der Waals surface area (Å²) in [7, 11) is 2.29. The van der Waals surface area contributed by atoms with Crippen LogP contribution in [0.25, 0.3) is 6.08 Å². The molecule has 1 aromatic rings. The van der Waals surface area contributed by atoms with Gasteiger partial charge in [0.2, 0.25) is 11.7 Å². The minimum atomic E-state index is -1.47. The van der Waals surface area contributed by atoms with Crippen LogP contribution in [0.3, 0.4) is 0 Å². The van der Waals surface area contributed by atoms with Gasteiger partial charge < -0.3 is 24.4 Å². The van der Waals surface area contributed by atoms with E-state index in [1.165, 1.54) is 11.5 Å². The molecular weight excluding hydrogens is 652 g/mol. The molecular formula is C31H50N4O14. The van der Waals surface area contributed by atoms with Crippen LogP contribution in [0.1, 0.15) is 79.7 Å². The molecule has 49 heavy (non-hydrogen) atoms. The molecule has 1 rings (SSSR count). The van der Waals surface area contributed by atoms with E-state index in [2.05, 4.69) is 20.7 Å². The van der Waals surface area contributed by atoms with Crippen molar-refractivity contribution in [2.75, 3.05) is 27.4 Å². The number of methoxy groups -OCH3 is 2. The monoisotopic (exact) mass is 702 g/mol. The predicted molar refractivity (Wildman–Crippen MR) is 173 cm³/mol. The van der Waals surface area contributed by atoms with Gasteiger partial charge in [0.15, 0.2) is 0 Å². The van der Waals surface area contributed by atoms with Gasteiger partial charge in [-0.2, -0.15) is 9.78 Å². The molecule has 0 aliphatic heterocycles. The Balaban J connectivity index is 0.00000427. The number of carboxylic acid groups (broad SMARTS) is 2. The molecule has 1 aromatic carbocycles. The number of ether oxygens (including phenoxy) is 3. The smallest absolute Gasteiger partial charge is 0.426 e. The van der Waals surface area contributed by atoms with E-state index >= 15 is 0 Å². The van der Waals surface area contributed by atoms with Gasteiger partial charge in [0.25, 0.3) is 0 Å². The van der Waals surface area contributed by atoms with E-state index in [1.807, 2.05) is 41.5 Å². The van der Waals surface area contributed by atoms with Crippen LogP contribution in [0, 0.1) is 0 Å². The second-order valence-electron chi connectivity index (χ2n) is 11.6. The molecule has 0 atom stereocenters. The third-order valence-corrected chi connectivity index (χ3v) is 6.60. The third-order valence-electron chi connectivity index (χ3n) is 6.60. The van der Waals surface area contributed by atoms with Crippen molar-refractivity contribution in [1.29, 1.82) is 0 Å². The van der Waals surface area contributed by atoms with E-state index in [0.717, 1.165) is 14.2 Å². The lowest BCUT2D eigenvalue weighted by molar-refractivity contribution is -0.539. The summed E-state index contributed by atoms with van der Waals surface area (Å²) in [6, 6.07) is 6.28. The van der Waals surface area contributed by atoms with E-state index < -0.39 is 47.0 Å². The number of carbonyl (C=O) groups is 5. The first-order valence-corrected chi connectivity index (χ1v) is 15.1. The van der Waals surface area contributed by atoms with Gasteiger partial charge >= 0.3 is 24.1 Å². The van der Waals surface area contributed by atoms with Crippen LogP contribution < -0.4 is 21.4 Å². The predicted octanol–water partition coefficient (Wildman–Crippen LogP) is 3.70. The van der Waals surface area contributed by atoms with Crippen molar-refractivity contribution < 1.29 is 67.9 Å². The minimum absolute atomic E-state index is 0.0170. The van der Waals surface area contributed by atoms with Crippen molar-refractivity contribution in [1.82, 2.24) is 15.9 Å². The molecule has 0 saturated carbocycles. The highest BCUT2D eigenvalue weighted by molar-refractivity contribution is 6.17. The first-order chi connectivity index (χ1) is 22.8. The molecule has 0 aliphatic rings. The summed E-state index contributed by atoms with van der Waals surface area (Å²) in [6.07, 6.45) is -0.210. The maximum absolute atomic E-state index is 12.7. The Hall–Kier alpha value is -4.49. The quantitative estimate of drug-likeness (QED) is 0.0168. The van der Waals surface area contributed by atoms with Crippen LogP contribution in [0.2, 0.25) is 0 Å². The highest BCUT2D eigenvalue weighted by atomic mass is 17.3. The molecule has 3 amide bonds. The number of esters is 2. The molecule has 18 heteroatoms. The third kappa shape index (κ3) is 18.6. The Morgan fingerprint density at radius 2 is 1.31 bits per heavy atom. The van der Waals surface area contributed by atoms with Gasteiger partial charge in [0.1, 0.15) is 17.9 Å². The van der Waals surface area contributed by atoms with Crippen LogP contribution in [-0.4, -0.2) is 89.6 Å². The van der Waals surface area contributed by atoms with Gasteiger partial charge in [-0.05, 0) is 71.2 Å². The topological polar surface area (TPSA) is 244 Å². The number of hydrogen-bond donors (Lipinski definition) is 5. The number of nitrogens with two attached hydrogens (primary N) is 1. The standard InChI is InChI=1S/C30H46N2O12.CH4N2O2/c1-10-28(3,4)41-43-30(7,44-42-29(5,6)11-2)17-16-24(33)31-32(27(36)37)18-19-40-22-14-12-21(13-15-22)20-23(25(34)38-8)26(35)39-9;2-3-1(4)5/h12-15,20H,10-11,16-19H2,1-9H3,(H,31,33)(H,36,37);3H,2H2,(H,4,5). The summed E-state index contributed by atoms with van der Waals surface area (Å²) in [5.74, 6) is 0.927. The Morgan fingerprint density at radius 1 is 0.837 bits per heavy atom. The molecule has 18 nitrogen and oxygen atoms in total. The van der Waals surface area contributed by atoms with Crippen molar-refractivity contribution in [3.63, 3.8) is 0 Å². The molecule has 0 spiro atoms. The summed E-state index contributed by atoms with van der Waals surface area (Å²) in [5.41, 5.74) is 2.73. The summed E-state index contributed by atoms with van der Waals surface area (Å²) in [5, 5.41) is 17.8. The number of nitrogens with zero attached hydrogens (tertiary/aromatic N) is 1. The van der Waals surface area contributed by atoms with Crippen LogP contribution in [0.15, 0.2) is 29.8 Å². The van der Waals surface area contributed by atoms with E-state index in [-0.39, 0.29) is 31.6 Å². The Morgan fingerprint density at radius 3 is 1.69 bits per heavy atom. The molecule has 0 saturated heterocycles. The van der Waals surface area contributed by atoms with E-state index in [0.29, 0.717) is 29.2 Å². The normalized spacial score (nSPS) is 11.2. The maximum atomic E-state index is 12.7.